The van der Waals surface area contributed by atoms with Crippen molar-refractivity contribution in [3.63, 3.8) is 0 Å². The number of ether oxygens (including phenoxy) is 1. The Bertz CT molecular complexity index is 817. The van der Waals surface area contributed by atoms with E-state index >= 15 is 0 Å². The SMILES string of the molecule is COc1ccc(Cn2c(C3CCCNC3)cc3cccnc32)cc1. The maximum atomic E-state index is 5.27. The monoisotopic (exact) mass is 321 g/mol. The standard InChI is InChI=1S/C20H23N3O/c1-24-18-8-6-15(7-9-18)14-23-19(17-5-2-10-21-13-17)12-16-4-3-11-22-20(16)23/h3-4,6-9,11-12,17,21H,2,5,10,13-14H2,1H3. The van der Waals surface area contributed by atoms with E-state index in [1.54, 1.807) is 7.11 Å². The number of pyridine rings is 1. The number of hydrogen-bond acceptors (Lipinski definition) is 3. The van der Waals surface area contributed by atoms with Crippen LogP contribution < -0.4 is 10.1 Å². The highest BCUT2D eigenvalue weighted by Crippen LogP contribution is 2.29. The number of hydrogen-bond donors (Lipinski definition) is 1. The fraction of sp³-hybridized carbons (Fsp3) is 0.350. The molecule has 0 aliphatic carbocycles. The fourth-order valence-electron chi connectivity index (χ4n) is 3.63. The lowest BCUT2D eigenvalue weighted by molar-refractivity contribution is 0.414. The molecule has 124 valence electrons. The highest BCUT2D eigenvalue weighted by atomic mass is 16.5. The highest BCUT2D eigenvalue weighted by molar-refractivity contribution is 5.77. The average Bonchev–Trinajstić information content (AvgIpc) is 3.02. The van der Waals surface area contributed by atoms with Crippen molar-refractivity contribution in [1.82, 2.24) is 14.9 Å². The first-order valence-electron chi connectivity index (χ1n) is 8.63. The van der Waals surface area contributed by atoms with Crippen LogP contribution in [-0.4, -0.2) is 29.8 Å². The molecule has 1 aliphatic heterocycles. The summed E-state index contributed by atoms with van der Waals surface area (Å²) < 4.78 is 7.65. The number of rotatable bonds is 4. The first kappa shape index (κ1) is 15.2. The summed E-state index contributed by atoms with van der Waals surface area (Å²) in [7, 11) is 1.70. The number of benzene rings is 1. The molecule has 1 aliphatic rings. The number of piperidine rings is 1. The average molecular weight is 321 g/mol. The second-order valence-electron chi connectivity index (χ2n) is 6.46. The quantitative estimate of drug-likeness (QED) is 0.798. The summed E-state index contributed by atoms with van der Waals surface area (Å²) in [5.41, 5.74) is 3.74. The Kier molecular flexibility index (Phi) is 4.22. The van der Waals surface area contributed by atoms with Gasteiger partial charge >= 0.3 is 0 Å². The van der Waals surface area contributed by atoms with Gasteiger partial charge in [0, 0.05) is 36.3 Å². The number of methoxy groups -OCH3 is 1. The molecule has 1 fully saturated rings. The van der Waals surface area contributed by atoms with Gasteiger partial charge in [-0.2, -0.15) is 0 Å². The van der Waals surface area contributed by atoms with Crippen molar-refractivity contribution in [2.24, 2.45) is 0 Å². The normalized spacial score (nSPS) is 18.0. The summed E-state index contributed by atoms with van der Waals surface area (Å²) in [4.78, 5) is 4.64. The van der Waals surface area contributed by atoms with Crippen molar-refractivity contribution >= 4 is 11.0 Å². The molecule has 2 aromatic heterocycles. The first-order valence-corrected chi connectivity index (χ1v) is 8.63. The van der Waals surface area contributed by atoms with Gasteiger partial charge in [-0.3, -0.25) is 0 Å². The van der Waals surface area contributed by atoms with Crippen molar-refractivity contribution in [3.05, 3.63) is 59.9 Å². The van der Waals surface area contributed by atoms with Gasteiger partial charge < -0.3 is 14.6 Å². The molecular weight excluding hydrogens is 298 g/mol. The van der Waals surface area contributed by atoms with Crippen LogP contribution in [0.4, 0.5) is 0 Å². The van der Waals surface area contributed by atoms with E-state index in [9.17, 15) is 0 Å². The Morgan fingerprint density at radius 3 is 2.88 bits per heavy atom. The Labute approximate surface area is 142 Å². The van der Waals surface area contributed by atoms with Crippen molar-refractivity contribution < 1.29 is 4.74 Å². The van der Waals surface area contributed by atoms with Crippen LogP contribution in [0.15, 0.2) is 48.7 Å². The van der Waals surface area contributed by atoms with Gasteiger partial charge in [0.05, 0.1) is 7.11 Å². The van der Waals surface area contributed by atoms with Crippen LogP contribution in [0.2, 0.25) is 0 Å². The van der Waals surface area contributed by atoms with Crippen LogP contribution >= 0.6 is 0 Å². The first-order chi connectivity index (χ1) is 11.8. The van der Waals surface area contributed by atoms with E-state index in [1.165, 1.54) is 29.5 Å². The minimum absolute atomic E-state index is 0.561. The zero-order chi connectivity index (χ0) is 16.4. The smallest absolute Gasteiger partial charge is 0.140 e. The molecule has 0 saturated carbocycles. The minimum atomic E-state index is 0.561. The van der Waals surface area contributed by atoms with Gasteiger partial charge in [0.1, 0.15) is 11.4 Å². The Hall–Kier alpha value is -2.33. The van der Waals surface area contributed by atoms with Crippen LogP contribution in [0.5, 0.6) is 5.75 Å². The van der Waals surface area contributed by atoms with E-state index in [4.69, 9.17) is 4.74 Å². The zero-order valence-electron chi connectivity index (χ0n) is 14.0. The van der Waals surface area contributed by atoms with Crippen molar-refractivity contribution in [2.75, 3.05) is 20.2 Å². The van der Waals surface area contributed by atoms with Gasteiger partial charge in [0.25, 0.3) is 0 Å². The van der Waals surface area contributed by atoms with E-state index in [2.05, 4.69) is 39.1 Å². The van der Waals surface area contributed by atoms with E-state index in [0.717, 1.165) is 31.0 Å². The molecule has 24 heavy (non-hydrogen) atoms. The molecule has 0 bridgehead atoms. The number of fused-ring (bicyclic) bond motifs is 1. The summed E-state index contributed by atoms with van der Waals surface area (Å²) in [5.74, 6) is 1.46. The molecule has 1 N–H and O–H groups in total. The van der Waals surface area contributed by atoms with Gasteiger partial charge in [0.15, 0.2) is 0 Å². The van der Waals surface area contributed by atoms with Crippen LogP contribution in [0, 0.1) is 0 Å². The predicted molar refractivity (Wildman–Crippen MR) is 96.7 cm³/mol. The molecule has 0 spiro atoms. The third-order valence-electron chi connectivity index (χ3n) is 4.90. The van der Waals surface area contributed by atoms with E-state index in [1.807, 2.05) is 24.4 Å². The predicted octanol–water partition coefficient (Wildman–Crippen LogP) is 3.56. The topological polar surface area (TPSA) is 39.1 Å². The summed E-state index contributed by atoms with van der Waals surface area (Å²) in [5, 5.41) is 4.76. The molecule has 1 unspecified atom stereocenters. The van der Waals surface area contributed by atoms with Crippen LogP contribution in [0.3, 0.4) is 0 Å². The Balaban J connectivity index is 1.73. The van der Waals surface area contributed by atoms with Crippen molar-refractivity contribution in [1.29, 1.82) is 0 Å². The fourth-order valence-corrected chi connectivity index (χ4v) is 3.63. The second-order valence-corrected chi connectivity index (χ2v) is 6.46. The summed E-state index contributed by atoms with van der Waals surface area (Å²) >= 11 is 0. The van der Waals surface area contributed by atoms with Gasteiger partial charge in [-0.05, 0) is 55.3 Å². The Morgan fingerprint density at radius 1 is 1.25 bits per heavy atom. The lowest BCUT2D eigenvalue weighted by Gasteiger charge is -2.24. The van der Waals surface area contributed by atoms with Gasteiger partial charge in [-0.25, -0.2) is 4.98 Å². The van der Waals surface area contributed by atoms with E-state index in [-0.39, 0.29) is 0 Å². The summed E-state index contributed by atoms with van der Waals surface area (Å²) in [6.45, 7) is 3.03. The molecule has 4 heteroatoms. The van der Waals surface area contributed by atoms with Crippen LogP contribution in [-0.2, 0) is 6.54 Å². The molecular formula is C20H23N3O. The van der Waals surface area contributed by atoms with Crippen LogP contribution in [0.1, 0.15) is 30.0 Å². The molecule has 3 heterocycles. The van der Waals surface area contributed by atoms with Gasteiger partial charge in [-0.15, -0.1) is 0 Å². The molecule has 3 aromatic rings. The highest BCUT2D eigenvalue weighted by Gasteiger charge is 2.21. The molecule has 1 aromatic carbocycles. The minimum Gasteiger partial charge on any atom is -0.497 e. The maximum absolute atomic E-state index is 5.27. The lowest BCUT2D eigenvalue weighted by Crippen LogP contribution is -2.29. The number of aromatic nitrogens is 2. The lowest BCUT2D eigenvalue weighted by atomic mass is 9.96. The zero-order valence-corrected chi connectivity index (χ0v) is 14.0. The summed E-state index contributed by atoms with van der Waals surface area (Å²) in [6, 6.07) is 14.8. The number of nitrogens with one attached hydrogen (secondary N) is 1. The largest absolute Gasteiger partial charge is 0.497 e. The Morgan fingerprint density at radius 2 is 2.12 bits per heavy atom. The van der Waals surface area contributed by atoms with Crippen LogP contribution in [0.25, 0.3) is 11.0 Å². The molecule has 4 rings (SSSR count). The third kappa shape index (κ3) is 2.89. The molecule has 1 saturated heterocycles. The number of nitrogens with zero attached hydrogens (tertiary/aromatic N) is 2. The molecule has 1 atom stereocenters. The second kappa shape index (κ2) is 6.65. The molecule has 0 amide bonds. The third-order valence-corrected chi connectivity index (χ3v) is 4.90. The van der Waals surface area contributed by atoms with E-state index < -0.39 is 0 Å². The van der Waals surface area contributed by atoms with Crippen molar-refractivity contribution in [2.45, 2.75) is 25.3 Å². The van der Waals surface area contributed by atoms with Gasteiger partial charge in [-0.1, -0.05) is 12.1 Å². The molecule has 0 radical (unpaired) electrons. The van der Waals surface area contributed by atoms with Gasteiger partial charge in [0.2, 0.25) is 0 Å². The molecule has 4 nitrogen and oxygen atoms in total. The van der Waals surface area contributed by atoms with E-state index in [0.29, 0.717) is 5.92 Å². The van der Waals surface area contributed by atoms with Crippen molar-refractivity contribution in [3.8, 4) is 5.75 Å². The maximum Gasteiger partial charge on any atom is 0.140 e. The summed E-state index contributed by atoms with van der Waals surface area (Å²) in [6.07, 6.45) is 4.36.